The van der Waals surface area contributed by atoms with Crippen molar-refractivity contribution in [3.8, 4) is 0 Å². The second kappa shape index (κ2) is 6.64. The molecule has 3 rings (SSSR count). The van der Waals surface area contributed by atoms with Gasteiger partial charge in [-0.2, -0.15) is 0 Å². The Labute approximate surface area is 129 Å². The number of amides is 2. The predicted molar refractivity (Wildman–Crippen MR) is 85.4 cm³/mol. The number of fused-ring (bicyclic) bond motifs is 1. The minimum absolute atomic E-state index is 0.00536. The van der Waals surface area contributed by atoms with Crippen molar-refractivity contribution in [2.24, 2.45) is 0 Å². The van der Waals surface area contributed by atoms with E-state index in [1.165, 1.54) is 0 Å². The molecule has 2 aromatic rings. The highest BCUT2D eigenvalue weighted by atomic mass is 16.2. The molecule has 0 aliphatic carbocycles. The van der Waals surface area contributed by atoms with Crippen LogP contribution in [-0.4, -0.2) is 41.3 Å². The fraction of sp³-hybridized carbons (Fsp3) is 0.412. The van der Waals surface area contributed by atoms with Crippen molar-refractivity contribution in [1.82, 2.24) is 15.2 Å². The highest BCUT2D eigenvalue weighted by Gasteiger charge is 2.17. The van der Waals surface area contributed by atoms with Crippen LogP contribution in [-0.2, 0) is 16.0 Å². The third kappa shape index (κ3) is 3.30. The molecule has 2 amide bonds. The Balaban J connectivity index is 1.49. The number of benzene rings is 1. The number of nitrogens with zero attached hydrogens (tertiary/aromatic N) is 1. The molecule has 1 saturated heterocycles. The molecule has 5 heteroatoms. The van der Waals surface area contributed by atoms with Gasteiger partial charge < -0.3 is 15.2 Å². The topological polar surface area (TPSA) is 65.2 Å². The lowest BCUT2D eigenvalue weighted by molar-refractivity contribution is -0.133. The molecule has 1 aliphatic heterocycles. The van der Waals surface area contributed by atoms with Gasteiger partial charge in [-0.25, -0.2) is 0 Å². The molecule has 2 N–H and O–H groups in total. The van der Waals surface area contributed by atoms with E-state index in [0.29, 0.717) is 25.9 Å². The van der Waals surface area contributed by atoms with Gasteiger partial charge in [-0.1, -0.05) is 18.2 Å². The Morgan fingerprint density at radius 2 is 2.14 bits per heavy atom. The number of hydrogen-bond acceptors (Lipinski definition) is 2. The molecule has 0 spiro atoms. The first-order chi connectivity index (χ1) is 10.7. The average Bonchev–Trinajstić information content (AvgIpc) is 2.92. The van der Waals surface area contributed by atoms with Crippen LogP contribution in [0.3, 0.4) is 0 Å². The first-order valence-electron chi connectivity index (χ1n) is 7.83. The summed E-state index contributed by atoms with van der Waals surface area (Å²) in [5, 5.41) is 3.99. The lowest BCUT2D eigenvalue weighted by Crippen LogP contribution is -2.41. The number of carbonyl (C=O) groups is 2. The summed E-state index contributed by atoms with van der Waals surface area (Å²) in [5.41, 5.74) is 2.05. The predicted octanol–water partition coefficient (Wildman–Crippen LogP) is 1.84. The normalized spacial score (nSPS) is 15.3. The largest absolute Gasteiger partial charge is 0.361 e. The summed E-state index contributed by atoms with van der Waals surface area (Å²) in [6.45, 7) is 1.95. The van der Waals surface area contributed by atoms with Crippen LogP contribution >= 0.6 is 0 Å². The highest BCUT2D eigenvalue weighted by Crippen LogP contribution is 2.17. The lowest BCUT2D eigenvalue weighted by atomic mass is 10.1. The Bertz CT molecular complexity index is 677. The molecular formula is C17H21N3O2. The number of aromatic nitrogens is 1. The van der Waals surface area contributed by atoms with E-state index in [1.54, 1.807) is 0 Å². The summed E-state index contributed by atoms with van der Waals surface area (Å²) in [4.78, 5) is 28.7. The number of likely N-dealkylation sites (tertiary alicyclic amines) is 1. The van der Waals surface area contributed by atoms with Crippen molar-refractivity contribution in [2.75, 3.05) is 19.6 Å². The Kier molecular flexibility index (Phi) is 4.42. The molecule has 5 nitrogen and oxygen atoms in total. The minimum Gasteiger partial charge on any atom is -0.361 e. The Morgan fingerprint density at radius 1 is 1.27 bits per heavy atom. The third-order valence-corrected chi connectivity index (χ3v) is 4.15. The number of rotatable bonds is 5. The first kappa shape index (κ1) is 14.6. The number of hydrogen-bond donors (Lipinski definition) is 2. The monoisotopic (exact) mass is 299 g/mol. The van der Waals surface area contributed by atoms with E-state index in [4.69, 9.17) is 0 Å². The third-order valence-electron chi connectivity index (χ3n) is 4.15. The van der Waals surface area contributed by atoms with Gasteiger partial charge in [-0.15, -0.1) is 0 Å². The number of nitrogens with one attached hydrogen (secondary N) is 2. The van der Waals surface area contributed by atoms with Gasteiger partial charge in [-0.05, 0) is 24.5 Å². The Morgan fingerprint density at radius 3 is 3.00 bits per heavy atom. The van der Waals surface area contributed by atoms with Crippen LogP contribution in [0.15, 0.2) is 30.5 Å². The van der Waals surface area contributed by atoms with Crippen LogP contribution in [0.2, 0.25) is 0 Å². The molecule has 1 fully saturated rings. The lowest BCUT2D eigenvalue weighted by Gasteiger charge is -2.26. The molecule has 0 atom stereocenters. The van der Waals surface area contributed by atoms with Crippen molar-refractivity contribution in [1.29, 1.82) is 0 Å². The van der Waals surface area contributed by atoms with E-state index in [1.807, 2.05) is 35.4 Å². The van der Waals surface area contributed by atoms with E-state index in [9.17, 15) is 9.59 Å². The number of para-hydroxylation sites is 1. The highest BCUT2D eigenvalue weighted by molar-refractivity contribution is 5.88. The quantitative estimate of drug-likeness (QED) is 0.885. The van der Waals surface area contributed by atoms with Crippen molar-refractivity contribution < 1.29 is 9.59 Å². The molecule has 0 bridgehead atoms. The molecule has 22 heavy (non-hydrogen) atoms. The second-order valence-electron chi connectivity index (χ2n) is 5.72. The molecule has 0 radical (unpaired) electrons. The zero-order valence-electron chi connectivity index (χ0n) is 12.6. The molecule has 2 heterocycles. The van der Waals surface area contributed by atoms with Crippen molar-refractivity contribution >= 4 is 22.7 Å². The van der Waals surface area contributed by atoms with Gasteiger partial charge in [0.15, 0.2) is 0 Å². The molecule has 1 aliphatic rings. The van der Waals surface area contributed by atoms with Crippen LogP contribution in [0.4, 0.5) is 0 Å². The van der Waals surface area contributed by atoms with E-state index < -0.39 is 0 Å². The fourth-order valence-electron chi connectivity index (χ4n) is 2.94. The van der Waals surface area contributed by atoms with E-state index in [0.717, 1.165) is 35.9 Å². The van der Waals surface area contributed by atoms with Gasteiger partial charge in [-0.3, -0.25) is 9.59 Å². The maximum atomic E-state index is 12.0. The zero-order valence-corrected chi connectivity index (χ0v) is 12.6. The van der Waals surface area contributed by atoms with Crippen LogP contribution in [0.1, 0.15) is 24.8 Å². The maximum Gasteiger partial charge on any atom is 0.224 e. The number of aromatic amines is 1. The summed E-state index contributed by atoms with van der Waals surface area (Å²) in [5.74, 6) is 0.200. The van der Waals surface area contributed by atoms with Crippen LogP contribution < -0.4 is 5.32 Å². The summed E-state index contributed by atoms with van der Waals surface area (Å²) in [7, 11) is 0. The number of piperidine rings is 1. The van der Waals surface area contributed by atoms with Gasteiger partial charge in [0.2, 0.25) is 11.8 Å². The van der Waals surface area contributed by atoms with Gasteiger partial charge in [0.1, 0.15) is 0 Å². The van der Waals surface area contributed by atoms with Gasteiger partial charge >= 0.3 is 0 Å². The van der Waals surface area contributed by atoms with Crippen molar-refractivity contribution in [3.05, 3.63) is 36.0 Å². The number of H-pyrrole nitrogens is 1. The maximum absolute atomic E-state index is 12.0. The minimum atomic E-state index is -0.00536. The summed E-state index contributed by atoms with van der Waals surface area (Å²) >= 11 is 0. The van der Waals surface area contributed by atoms with Gasteiger partial charge in [0.05, 0.1) is 6.42 Å². The van der Waals surface area contributed by atoms with Gasteiger partial charge in [0, 0.05) is 43.2 Å². The first-order valence-corrected chi connectivity index (χ1v) is 7.83. The average molecular weight is 299 g/mol. The summed E-state index contributed by atoms with van der Waals surface area (Å²) < 4.78 is 0. The molecular weight excluding hydrogens is 278 g/mol. The smallest absolute Gasteiger partial charge is 0.224 e. The summed E-state index contributed by atoms with van der Waals surface area (Å²) in [6.07, 6.45) is 4.94. The van der Waals surface area contributed by atoms with E-state index in [-0.39, 0.29) is 11.8 Å². The van der Waals surface area contributed by atoms with E-state index in [2.05, 4.69) is 10.3 Å². The number of carbonyl (C=O) groups excluding carboxylic acids is 2. The molecule has 1 aromatic carbocycles. The second-order valence-corrected chi connectivity index (χ2v) is 5.72. The van der Waals surface area contributed by atoms with E-state index >= 15 is 0 Å². The molecule has 0 saturated carbocycles. The fourth-order valence-corrected chi connectivity index (χ4v) is 2.94. The van der Waals surface area contributed by atoms with Crippen molar-refractivity contribution in [3.63, 3.8) is 0 Å². The zero-order chi connectivity index (χ0) is 15.4. The van der Waals surface area contributed by atoms with Gasteiger partial charge in [0.25, 0.3) is 0 Å². The molecule has 1 aromatic heterocycles. The van der Waals surface area contributed by atoms with Crippen LogP contribution in [0.25, 0.3) is 10.9 Å². The Hall–Kier alpha value is -2.30. The molecule has 0 unspecified atom stereocenters. The summed E-state index contributed by atoms with van der Waals surface area (Å²) in [6, 6.07) is 7.96. The standard InChI is InChI=1S/C17H21N3O2/c21-16(18-8-10-20-9-4-3-7-17(20)22)11-13-12-19-15-6-2-1-5-14(13)15/h1-2,5-6,12,19H,3-4,7-11H2,(H,18,21). The SMILES string of the molecule is O=C(Cc1c[nH]c2ccccc12)NCCN1CCCCC1=O. The van der Waals surface area contributed by atoms with Crippen LogP contribution in [0.5, 0.6) is 0 Å². The van der Waals surface area contributed by atoms with Crippen molar-refractivity contribution in [2.45, 2.75) is 25.7 Å². The molecule has 116 valence electrons. The van der Waals surface area contributed by atoms with Crippen LogP contribution in [0, 0.1) is 0 Å².